The number of rotatable bonds is 6. The summed E-state index contributed by atoms with van der Waals surface area (Å²) >= 11 is 0. The molecule has 158 valence electrons. The molecule has 2 aromatic carbocycles. The van der Waals surface area contributed by atoms with Crippen molar-refractivity contribution in [2.45, 2.75) is 51.4 Å². The van der Waals surface area contributed by atoms with Crippen LogP contribution in [0, 0.1) is 0 Å². The van der Waals surface area contributed by atoms with Gasteiger partial charge in [-0.15, -0.1) is 0 Å². The number of amides is 3. The van der Waals surface area contributed by atoms with E-state index in [-0.39, 0.29) is 24.6 Å². The Morgan fingerprint density at radius 2 is 1.80 bits per heavy atom. The van der Waals surface area contributed by atoms with Crippen LogP contribution >= 0.6 is 0 Å². The molecule has 1 unspecified atom stereocenters. The van der Waals surface area contributed by atoms with Gasteiger partial charge in [-0.2, -0.15) is 0 Å². The third kappa shape index (κ3) is 4.33. The highest BCUT2D eigenvalue weighted by molar-refractivity contribution is 6.07. The largest absolute Gasteiger partial charge is 0.491 e. The van der Waals surface area contributed by atoms with Crippen molar-refractivity contribution >= 4 is 11.9 Å². The fourth-order valence-corrected chi connectivity index (χ4v) is 4.39. The van der Waals surface area contributed by atoms with Gasteiger partial charge in [0.1, 0.15) is 11.3 Å². The molecule has 6 heteroatoms. The van der Waals surface area contributed by atoms with E-state index in [4.69, 9.17) is 4.74 Å². The lowest BCUT2D eigenvalue weighted by molar-refractivity contribution is -0.133. The first-order valence-electron chi connectivity index (χ1n) is 10.6. The van der Waals surface area contributed by atoms with Gasteiger partial charge >= 0.3 is 6.03 Å². The van der Waals surface area contributed by atoms with Gasteiger partial charge in [-0.25, -0.2) is 4.79 Å². The number of likely N-dealkylation sites (tertiary alicyclic amines) is 1. The van der Waals surface area contributed by atoms with Crippen LogP contribution in [0.15, 0.2) is 54.6 Å². The van der Waals surface area contributed by atoms with E-state index in [1.54, 1.807) is 0 Å². The highest BCUT2D eigenvalue weighted by atomic mass is 16.5. The summed E-state index contributed by atoms with van der Waals surface area (Å²) in [5.74, 6) is 0.622. The smallest absolute Gasteiger partial charge is 0.325 e. The Balaban J connectivity index is 1.46. The molecule has 0 radical (unpaired) electrons. The first kappa shape index (κ1) is 20.4. The standard InChI is InChI=1S/C24H29N3O3/c1-18(2)30-21-11-6-10-20(14-21)16-27-22(28)24(25-23(27)29)12-7-13-26(17-24)15-19-8-4-3-5-9-19/h3-6,8-11,14,18H,7,12-13,15-17H2,1-2H3,(H,25,29). The summed E-state index contributed by atoms with van der Waals surface area (Å²) in [5, 5.41) is 3.02. The zero-order valence-corrected chi connectivity index (χ0v) is 17.6. The number of nitrogens with one attached hydrogen (secondary N) is 1. The van der Waals surface area contributed by atoms with E-state index in [2.05, 4.69) is 22.3 Å². The number of ether oxygens (including phenoxy) is 1. The third-order valence-corrected chi connectivity index (χ3v) is 5.68. The van der Waals surface area contributed by atoms with Crippen LogP contribution in [0.2, 0.25) is 0 Å². The predicted octanol–water partition coefficient (Wildman–Crippen LogP) is 3.56. The van der Waals surface area contributed by atoms with Crippen LogP contribution in [0.3, 0.4) is 0 Å². The number of imide groups is 1. The van der Waals surface area contributed by atoms with Crippen LogP contribution in [-0.4, -0.2) is 46.5 Å². The van der Waals surface area contributed by atoms with E-state index in [1.807, 2.05) is 56.3 Å². The van der Waals surface area contributed by atoms with Gasteiger partial charge in [-0.1, -0.05) is 42.5 Å². The van der Waals surface area contributed by atoms with Crippen LogP contribution in [0.25, 0.3) is 0 Å². The molecule has 2 aliphatic rings. The summed E-state index contributed by atoms with van der Waals surface area (Å²) in [5.41, 5.74) is 1.27. The van der Waals surface area contributed by atoms with Gasteiger partial charge in [0.15, 0.2) is 0 Å². The Morgan fingerprint density at radius 1 is 1.03 bits per heavy atom. The van der Waals surface area contributed by atoms with E-state index in [1.165, 1.54) is 10.5 Å². The fraction of sp³-hybridized carbons (Fsp3) is 0.417. The number of hydrogen-bond acceptors (Lipinski definition) is 4. The molecule has 0 saturated carbocycles. The van der Waals surface area contributed by atoms with Gasteiger partial charge in [0.2, 0.25) is 0 Å². The van der Waals surface area contributed by atoms with Gasteiger partial charge in [-0.3, -0.25) is 14.6 Å². The van der Waals surface area contributed by atoms with Gasteiger partial charge < -0.3 is 10.1 Å². The number of hydrogen-bond donors (Lipinski definition) is 1. The number of piperidine rings is 1. The molecule has 2 heterocycles. The van der Waals surface area contributed by atoms with Crippen molar-refractivity contribution in [3.05, 3.63) is 65.7 Å². The molecule has 0 aromatic heterocycles. The van der Waals surface area contributed by atoms with Crippen molar-refractivity contribution in [2.75, 3.05) is 13.1 Å². The molecule has 4 rings (SSSR count). The van der Waals surface area contributed by atoms with Gasteiger partial charge in [0.05, 0.1) is 12.6 Å². The maximum absolute atomic E-state index is 13.3. The van der Waals surface area contributed by atoms with Gasteiger partial charge in [-0.05, 0) is 56.5 Å². The Kier molecular flexibility index (Phi) is 5.77. The molecular weight excluding hydrogens is 378 g/mol. The maximum Gasteiger partial charge on any atom is 0.325 e. The van der Waals surface area contributed by atoms with E-state index < -0.39 is 5.54 Å². The number of nitrogens with zero attached hydrogens (tertiary/aromatic N) is 2. The second-order valence-corrected chi connectivity index (χ2v) is 8.52. The highest BCUT2D eigenvalue weighted by Gasteiger charge is 2.52. The van der Waals surface area contributed by atoms with Crippen molar-refractivity contribution in [1.29, 1.82) is 0 Å². The first-order valence-corrected chi connectivity index (χ1v) is 10.6. The van der Waals surface area contributed by atoms with Crippen LogP contribution in [-0.2, 0) is 17.9 Å². The lowest BCUT2D eigenvalue weighted by Crippen LogP contribution is -2.58. The van der Waals surface area contributed by atoms with Crippen LogP contribution in [0.4, 0.5) is 4.79 Å². The summed E-state index contributed by atoms with van der Waals surface area (Å²) < 4.78 is 5.74. The highest BCUT2D eigenvalue weighted by Crippen LogP contribution is 2.30. The summed E-state index contributed by atoms with van der Waals surface area (Å²) in [6, 6.07) is 17.5. The molecule has 2 saturated heterocycles. The molecule has 0 aliphatic carbocycles. The van der Waals surface area contributed by atoms with Crippen molar-refractivity contribution in [1.82, 2.24) is 15.1 Å². The van der Waals surface area contributed by atoms with Crippen molar-refractivity contribution < 1.29 is 14.3 Å². The van der Waals surface area contributed by atoms with E-state index in [0.717, 1.165) is 30.8 Å². The SMILES string of the molecule is CC(C)Oc1cccc(CN2C(=O)NC3(CCCN(Cc4ccccc4)C3)C2=O)c1. The minimum atomic E-state index is -0.823. The monoisotopic (exact) mass is 407 g/mol. The third-order valence-electron chi connectivity index (χ3n) is 5.68. The van der Waals surface area contributed by atoms with Crippen LogP contribution < -0.4 is 10.1 Å². The quantitative estimate of drug-likeness (QED) is 0.744. The molecule has 6 nitrogen and oxygen atoms in total. The average molecular weight is 408 g/mol. The maximum atomic E-state index is 13.3. The molecule has 2 aliphatic heterocycles. The summed E-state index contributed by atoms with van der Waals surface area (Å²) in [6.07, 6.45) is 1.62. The summed E-state index contributed by atoms with van der Waals surface area (Å²) in [4.78, 5) is 29.7. The second-order valence-electron chi connectivity index (χ2n) is 8.52. The molecule has 2 aromatic rings. The van der Waals surface area contributed by atoms with Gasteiger partial charge in [0, 0.05) is 13.1 Å². The minimum absolute atomic E-state index is 0.0677. The number of carbonyl (C=O) groups is 2. The minimum Gasteiger partial charge on any atom is -0.491 e. The second kappa shape index (κ2) is 8.48. The van der Waals surface area contributed by atoms with Crippen molar-refractivity contribution in [2.24, 2.45) is 0 Å². The lowest BCUT2D eigenvalue weighted by atomic mass is 9.88. The molecule has 2 fully saturated rings. The summed E-state index contributed by atoms with van der Waals surface area (Å²) in [7, 11) is 0. The molecule has 30 heavy (non-hydrogen) atoms. The number of benzene rings is 2. The average Bonchev–Trinajstić information content (AvgIpc) is 2.92. The molecular formula is C24H29N3O3. The van der Waals surface area contributed by atoms with E-state index >= 15 is 0 Å². The normalized spacial score (nSPS) is 22.0. The van der Waals surface area contributed by atoms with E-state index in [0.29, 0.717) is 13.0 Å². The Bertz CT molecular complexity index is 915. The topological polar surface area (TPSA) is 61.9 Å². The molecule has 3 amide bonds. The Labute approximate surface area is 177 Å². The Hall–Kier alpha value is -2.86. The van der Waals surface area contributed by atoms with Crippen LogP contribution in [0.1, 0.15) is 37.8 Å². The zero-order valence-electron chi connectivity index (χ0n) is 17.6. The molecule has 1 N–H and O–H groups in total. The molecule has 0 bridgehead atoms. The van der Waals surface area contributed by atoms with Crippen molar-refractivity contribution in [3.63, 3.8) is 0 Å². The summed E-state index contributed by atoms with van der Waals surface area (Å²) in [6.45, 7) is 6.44. The number of urea groups is 1. The fourth-order valence-electron chi connectivity index (χ4n) is 4.39. The van der Waals surface area contributed by atoms with E-state index in [9.17, 15) is 9.59 Å². The zero-order chi connectivity index (χ0) is 21.1. The molecule has 1 atom stereocenters. The lowest BCUT2D eigenvalue weighted by Gasteiger charge is -2.38. The molecule has 1 spiro atoms. The number of carbonyl (C=O) groups excluding carboxylic acids is 2. The predicted molar refractivity (Wildman–Crippen MR) is 115 cm³/mol. The van der Waals surface area contributed by atoms with Gasteiger partial charge in [0.25, 0.3) is 5.91 Å². The Morgan fingerprint density at radius 3 is 2.57 bits per heavy atom. The first-order chi connectivity index (χ1) is 14.4. The van der Waals surface area contributed by atoms with Crippen LogP contribution in [0.5, 0.6) is 5.75 Å². The van der Waals surface area contributed by atoms with Crippen molar-refractivity contribution in [3.8, 4) is 5.75 Å².